The highest BCUT2D eigenvalue weighted by Gasteiger charge is 2.09. The minimum absolute atomic E-state index is 0.144. The number of ether oxygens (including phenoxy) is 2. The van der Waals surface area contributed by atoms with Gasteiger partial charge < -0.3 is 14.8 Å². The third-order valence-corrected chi connectivity index (χ3v) is 3.37. The van der Waals surface area contributed by atoms with Gasteiger partial charge in [0.1, 0.15) is 11.5 Å². The van der Waals surface area contributed by atoms with E-state index in [9.17, 15) is 4.79 Å². The lowest BCUT2D eigenvalue weighted by molar-refractivity contribution is 0.0952. The molecule has 0 saturated heterocycles. The lowest BCUT2D eigenvalue weighted by atomic mass is 10.2. The topological polar surface area (TPSA) is 65.4 Å². The van der Waals surface area contributed by atoms with Crippen molar-refractivity contribution in [2.45, 2.75) is 19.9 Å². The third kappa shape index (κ3) is 4.00. The van der Waals surface area contributed by atoms with Gasteiger partial charge in [-0.05, 0) is 31.5 Å². The molecule has 1 aromatic carbocycles. The number of hydrogen-bond donors (Lipinski definition) is 1. The molecule has 0 aliphatic rings. The number of hydrogen-bond acceptors (Lipinski definition) is 4. The molecular formula is C16H21N3O3. The second-order valence-electron chi connectivity index (χ2n) is 4.91. The fraction of sp³-hybridized carbons (Fsp3) is 0.375. The highest BCUT2D eigenvalue weighted by Crippen LogP contribution is 2.22. The molecule has 118 valence electrons. The van der Waals surface area contributed by atoms with Crippen LogP contribution in [0.1, 0.15) is 22.5 Å². The van der Waals surface area contributed by atoms with Crippen molar-refractivity contribution in [2.75, 3.05) is 20.8 Å². The monoisotopic (exact) mass is 303 g/mol. The van der Waals surface area contributed by atoms with Crippen molar-refractivity contribution in [2.24, 2.45) is 0 Å². The van der Waals surface area contributed by atoms with Crippen molar-refractivity contribution in [3.8, 4) is 11.5 Å². The van der Waals surface area contributed by atoms with E-state index in [4.69, 9.17) is 9.47 Å². The first-order valence-electron chi connectivity index (χ1n) is 7.13. The van der Waals surface area contributed by atoms with Crippen molar-refractivity contribution in [3.05, 3.63) is 41.7 Å². The van der Waals surface area contributed by atoms with E-state index in [0.717, 1.165) is 18.7 Å². The van der Waals surface area contributed by atoms with Crippen LogP contribution in [-0.4, -0.2) is 36.5 Å². The molecule has 0 unspecified atom stereocenters. The van der Waals surface area contributed by atoms with Gasteiger partial charge in [0.2, 0.25) is 0 Å². The van der Waals surface area contributed by atoms with Crippen molar-refractivity contribution in [3.63, 3.8) is 0 Å². The van der Waals surface area contributed by atoms with E-state index in [1.807, 2.05) is 17.7 Å². The fourth-order valence-corrected chi connectivity index (χ4v) is 2.10. The summed E-state index contributed by atoms with van der Waals surface area (Å²) in [6.07, 6.45) is 2.59. The van der Waals surface area contributed by atoms with Gasteiger partial charge >= 0.3 is 0 Å². The van der Waals surface area contributed by atoms with Crippen LogP contribution in [0.2, 0.25) is 0 Å². The maximum Gasteiger partial charge on any atom is 0.251 e. The standard InChI is InChI=1S/C16H21N3O3/c1-12-5-7-18-19(12)8-4-6-17-16(20)13-9-14(21-2)11-15(10-13)22-3/h5,7,9-11H,4,6,8H2,1-3H3,(H,17,20). The van der Waals surface area contributed by atoms with Gasteiger partial charge in [0, 0.05) is 36.6 Å². The molecule has 2 aromatic rings. The maximum atomic E-state index is 12.2. The highest BCUT2D eigenvalue weighted by atomic mass is 16.5. The molecule has 6 heteroatoms. The van der Waals surface area contributed by atoms with Crippen LogP contribution < -0.4 is 14.8 Å². The summed E-state index contributed by atoms with van der Waals surface area (Å²) < 4.78 is 12.2. The van der Waals surface area contributed by atoms with Crippen LogP contribution in [0.5, 0.6) is 11.5 Å². The average molecular weight is 303 g/mol. The Hall–Kier alpha value is -2.50. The molecule has 0 bridgehead atoms. The van der Waals surface area contributed by atoms with Gasteiger partial charge in [-0.1, -0.05) is 0 Å². The summed E-state index contributed by atoms with van der Waals surface area (Å²) in [5.41, 5.74) is 1.63. The van der Waals surface area contributed by atoms with Crippen molar-refractivity contribution in [1.82, 2.24) is 15.1 Å². The predicted octanol–water partition coefficient (Wildman–Crippen LogP) is 2.03. The molecule has 1 aromatic heterocycles. The number of nitrogens with one attached hydrogen (secondary N) is 1. The number of nitrogens with zero attached hydrogens (tertiary/aromatic N) is 2. The number of carbonyl (C=O) groups is 1. The number of aryl methyl sites for hydroxylation is 2. The first-order chi connectivity index (χ1) is 10.6. The zero-order valence-corrected chi connectivity index (χ0v) is 13.1. The highest BCUT2D eigenvalue weighted by molar-refractivity contribution is 5.95. The molecule has 0 aliphatic carbocycles. The van der Waals surface area contributed by atoms with E-state index in [1.54, 1.807) is 38.6 Å². The molecule has 1 amide bonds. The molecule has 1 N–H and O–H groups in total. The van der Waals surface area contributed by atoms with Crippen LogP contribution in [-0.2, 0) is 6.54 Å². The first kappa shape index (κ1) is 15.9. The molecule has 0 radical (unpaired) electrons. The first-order valence-corrected chi connectivity index (χ1v) is 7.13. The molecule has 22 heavy (non-hydrogen) atoms. The Balaban J connectivity index is 1.88. The van der Waals surface area contributed by atoms with Gasteiger partial charge in [-0.15, -0.1) is 0 Å². The number of amides is 1. The van der Waals surface area contributed by atoms with Gasteiger partial charge in [0.25, 0.3) is 5.91 Å². The Morgan fingerprint density at radius 1 is 1.23 bits per heavy atom. The Kier molecular flexibility index (Phi) is 5.41. The number of rotatable bonds is 7. The lowest BCUT2D eigenvalue weighted by Gasteiger charge is -2.09. The van der Waals surface area contributed by atoms with Gasteiger partial charge in [-0.3, -0.25) is 9.48 Å². The Morgan fingerprint density at radius 3 is 2.45 bits per heavy atom. The van der Waals surface area contributed by atoms with Gasteiger partial charge in [0.05, 0.1) is 14.2 Å². The van der Waals surface area contributed by atoms with Crippen LogP contribution in [0.3, 0.4) is 0 Å². The lowest BCUT2D eigenvalue weighted by Crippen LogP contribution is -2.25. The summed E-state index contributed by atoms with van der Waals surface area (Å²) in [5.74, 6) is 1.04. The van der Waals surface area contributed by atoms with Crippen molar-refractivity contribution >= 4 is 5.91 Å². The summed E-state index contributed by atoms with van der Waals surface area (Å²) in [7, 11) is 3.12. The van der Waals surface area contributed by atoms with Gasteiger partial charge in [-0.25, -0.2) is 0 Å². The number of benzene rings is 1. The number of aromatic nitrogens is 2. The van der Waals surface area contributed by atoms with E-state index < -0.39 is 0 Å². The summed E-state index contributed by atoms with van der Waals surface area (Å²) >= 11 is 0. The molecule has 0 spiro atoms. The molecule has 6 nitrogen and oxygen atoms in total. The Bertz CT molecular complexity index is 615. The maximum absolute atomic E-state index is 12.2. The van der Waals surface area contributed by atoms with E-state index in [-0.39, 0.29) is 5.91 Å². The fourth-order valence-electron chi connectivity index (χ4n) is 2.10. The van der Waals surface area contributed by atoms with Gasteiger partial charge in [-0.2, -0.15) is 5.10 Å². The molecule has 0 saturated carbocycles. The minimum atomic E-state index is -0.144. The van der Waals surface area contributed by atoms with Crippen LogP contribution >= 0.6 is 0 Å². The average Bonchev–Trinajstić information content (AvgIpc) is 2.95. The normalized spacial score (nSPS) is 10.3. The SMILES string of the molecule is COc1cc(OC)cc(C(=O)NCCCn2nccc2C)c1. The predicted molar refractivity (Wildman–Crippen MR) is 83.5 cm³/mol. The van der Waals surface area contributed by atoms with Crippen LogP contribution in [0, 0.1) is 6.92 Å². The summed E-state index contributed by atoms with van der Waals surface area (Å²) in [5, 5.41) is 7.10. The smallest absolute Gasteiger partial charge is 0.251 e. The van der Waals surface area contributed by atoms with Crippen molar-refractivity contribution in [1.29, 1.82) is 0 Å². The quantitative estimate of drug-likeness (QED) is 0.795. The van der Waals surface area contributed by atoms with E-state index in [2.05, 4.69) is 10.4 Å². The van der Waals surface area contributed by atoms with E-state index in [1.165, 1.54) is 0 Å². The summed E-state index contributed by atoms with van der Waals surface area (Å²) in [6, 6.07) is 7.07. The van der Waals surface area contributed by atoms with Crippen LogP contribution in [0.4, 0.5) is 0 Å². The number of carbonyl (C=O) groups excluding carboxylic acids is 1. The van der Waals surface area contributed by atoms with E-state index in [0.29, 0.717) is 23.6 Å². The van der Waals surface area contributed by atoms with Crippen LogP contribution in [0.15, 0.2) is 30.5 Å². The molecular weight excluding hydrogens is 282 g/mol. The molecule has 0 atom stereocenters. The van der Waals surface area contributed by atoms with Gasteiger partial charge in [0.15, 0.2) is 0 Å². The molecule has 2 rings (SSSR count). The third-order valence-electron chi connectivity index (χ3n) is 3.37. The zero-order chi connectivity index (χ0) is 15.9. The Labute approximate surface area is 130 Å². The second-order valence-corrected chi connectivity index (χ2v) is 4.91. The van der Waals surface area contributed by atoms with Crippen molar-refractivity contribution < 1.29 is 14.3 Å². The van der Waals surface area contributed by atoms with Crippen LogP contribution in [0.25, 0.3) is 0 Å². The zero-order valence-electron chi connectivity index (χ0n) is 13.1. The summed E-state index contributed by atoms with van der Waals surface area (Å²) in [4.78, 5) is 12.2. The summed E-state index contributed by atoms with van der Waals surface area (Å²) in [6.45, 7) is 3.37. The number of methoxy groups -OCH3 is 2. The molecule has 0 fully saturated rings. The largest absolute Gasteiger partial charge is 0.497 e. The minimum Gasteiger partial charge on any atom is -0.497 e. The Morgan fingerprint density at radius 2 is 1.91 bits per heavy atom. The molecule has 0 aliphatic heterocycles. The van der Waals surface area contributed by atoms with E-state index >= 15 is 0 Å². The second kappa shape index (κ2) is 7.49. The molecule has 1 heterocycles.